The van der Waals surface area contributed by atoms with Crippen LogP contribution in [-0.4, -0.2) is 82.5 Å². The van der Waals surface area contributed by atoms with Gasteiger partial charge in [0.25, 0.3) is 5.92 Å². The highest BCUT2D eigenvalue weighted by molar-refractivity contribution is 5.82. The number of rotatable bonds is 2. The molecule has 0 radical (unpaired) electrons. The van der Waals surface area contributed by atoms with Gasteiger partial charge in [0.05, 0.1) is 17.8 Å². The Balaban J connectivity index is 1.35. The van der Waals surface area contributed by atoms with E-state index in [1.54, 1.807) is 11.1 Å². The van der Waals surface area contributed by atoms with E-state index in [0.717, 1.165) is 43.1 Å². The Morgan fingerprint density at radius 3 is 2.62 bits per heavy atom. The smallest absolute Gasteiger partial charge is 0.251 e. The maximum atomic E-state index is 13.4. The molecule has 0 unspecified atom stereocenters. The number of halogens is 2. The van der Waals surface area contributed by atoms with Crippen LogP contribution in [0.4, 0.5) is 14.6 Å². The van der Waals surface area contributed by atoms with Crippen molar-refractivity contribution in [2.45, 2.75) is 31.6 Å². The third kappa shape index (κ3) is 3.35. The lowest BCUT2D eigenvalue weighted by Crippen LogP contribution is -2.57. The molecule has 0 aliphatic carbocycles. The van der Waals surface area contributed by atoms with Crippen molar-refractivity contribution in [2.24, 2.45) is 5.92 Å². The fourth-order valence-corrected chi connectivity index (χ4v) is 4.63. The van der Waals surface area contributed by atoms with Gasteiger partial charge in [0, 0.05) is 70.2 Å². The van der Waals surface area contributed by atoms with E-state index in [9.17, 15) is 13.6 Å². The van der Waals surface area contributed by atoms with Crippen LogP contribution >= 0.6 is 0 Å². The molecule has 2 fully saturated rings. The Kier molecular flexibility index (Phi) is 4.45. The highest BCUT2D eigenvalue weighted by atomic mass is 19.3. The van der Waals surface area contributed by atoms with Gasteiger partial charge in [0.2, 0.25) is 5.91 Å². The number of hydrogen-bond donors (Lipinski definition) is 0. The molecule has 5 heterocycles. The highest BCUT2D eigenvalue weighted by Gasteiger charge is 2.41. The fraction of sp³-hybridized carbons (Fsp3) is 0.650. The Hall–Kier alpha value is -2.29. The van der Waals surface area contributed by atoms with Gasteiger partial charge in [0.15, 0.2) is 5.65 Å². The number of carbonyl (C=O) groups excluding carboxylic acids is 1. The summed E-state index contributed by atoms with van der Waals surface area (Å²) in [5, 5.41) is 4.48. The van der Waals surface area contributed by atoms with Gasteiger partial charge < -0.3 is 14.7 Å². The van der Waals surface area contributed by atoms with Gasteiger partial charge in [0.1, 0.15) is 5.82 Å². The second-order valence-corrected chi connectivity index (χ2v) is 8.55. The van der Waals surface area contributed by atoms with Gasteiger partial charge >= 0.3 is 0 Å². The zero-order chi connectivity index (χ0) is 20.2. The van der Waals surface area contributed by atoms with E-state index in [1.165, 1.54) is 5.56 Å². The molecule has 2 aromatic rings. The SMILES string of the molecule is CN1CCc2nc3ccnn3c(N3CC(C(=O)N4CCC(F)(F)CC4)C3)c2CC1. The van der Waals surface area contributed by atoms with E-state index in [1.807, 2.05) is 10.6 Å². The lowest BCUT2D eigenvalue weighted by Gasteiger charge is -2.44. The van der Waals surface area contributed by atoms with Gasteiger partial charge in [-0.2, -0.15) is 9.61 Å². The number of fused-ring (bicyclic) bond motifs is 2. The summed E-state index contributed by atoms with van der Waals surface area (Å²) in [5.41, 5.74) is 3.16. The molecule has 5 rings (SSSR count). The van der Waals surface area contributed by atoms with Crippen LogP contribution in [0.5, 0.6) is 0 Å². The first-order chi connectivity index (χ1) is 13.9. The number of alkyl halides is 2. The van der Waals surface area contributed by atoms with Crippen LogP contribution in [0.15, 0.2) is 12.3 Å². The molecule has 0 saturated carbocycles. The Bertz CT molecular complexity index is 928. The number of hydrogen-bond acceptors (Lipinski definition) is 5. The maximum absolute atomic E-state index is 13.4. The van der Waals surface area contributed by atoms with E-state index in [0.29, 0.717) is 13.1 Å². The topological polar surface area (TPSA) is 57.0 Å². The molecule has 29 heavy (non-hydrogen) atoms. The van der Waals surface area contributed by atoms with E-state index in [-0.39, 0.29) is 37.8 Å². The van der Waals surface area contributed by atoms with Crippen molar-refractivity contribution < 1.29 is 13.6 Å². The minimum Gasteiger partial charge on any atom is -0.354 e. The number of nitrogens with zero attached hydrogens (tertiary/aromatic N) is 6. The number of likely N-dealkylation sites (tertiary alicyclic amines) is 1. The third-order valence-corrected chi connectivity index (χ3v) is 6.50. The van der Waals surface area contributed by atoms with Crippen LogP contribution in [0.25, 0.3) is 5.65 Å². The summed E-state index contributed by atoms with van der Waals surface area (Å²) in [6.07, 6.45) is 3.11. The van der Waals surface area contributed by atoms with E-state index in [4.69, 9.17) is 4.98 Å². The summed E-state index contributed by atoms with van der Waals surface area (Å²) >= 11 is 0. The van der Waals surface area contributed by atoms with E-state index >= 15 is 0 Å². The molecule has 156 valence electrons. The Morgan fingerprint density at radius 1 is 1.14 bits per heavy atom. The molecule has 7 nitrogen and oxygen atoms in total. The van der Waals surface area contributed by atoms with E-state index in [2.05, 4.69) is 21.9 Å². The average molecular weight is 404 g/mol. The Labute approximate surface area is 168 Å². The predicted molar refractivity (Wildman–Crippen MR) is 104 cm³/mol. The van der Waals surface area contributed by atoms with Crippen LogP contribution in [0, 0.1) is 5.92 Å². The predicted octanol–water partition coefficient (Wildman–Crippen LogP) is 1.45. The highest BCUT2D eigenvalue weighted by Crippen LogP contribution is 2.34. The number of likely N-dealkylation sites (N-methyl/N-ethyl adjacent to an activating group) is 1. The van der Waals surface area contributed by atoms with Crippen molar-refractivity contribution in [2.75, 3.05) is 51.2 Å². The van der Waals surface area contributed by atoms with Crippen LogP contribution < -0.4 is 4.90 Å². The van der Waals surface area contributed by atoms with Gasteiger partial charge in [-0.3, -0.25) is 4.79 Å². The molecule has 0 spiro atoms. The number of carbonyl (C=O) groups is 1. The summed E-state index contributed by atoms with van der Waals surface area (Å²) in [4.78, 5) is 23.7. The minimum absolute atomic E-state index is 0.00772. The molecule has 0 bridgehead atoms. The third-order valence-electron chi connectivity index (χ3n) is 6.50. The quantitative estimate of drug-likeness (QED) is 0.759. The molecule has 0 atom stereocenters. The standard InChI is InChI=1S/C20H26F2N6O/c1-25-8-3-15-16(4-9-25)24-17-2-7-23-28(17)18(15)27-12-14(13-27)19(29)26-10-5-20(21,22)6-11-26/h2,7,14H,3-6,8-13H2,1H3. The minimum atomic E-state index is -2.63. The first-order valence-electron chi connectivity index (χ1n) is 10.4. The summed E-state index contributed by atoms with van der Waals surface area (Å²) < 4.78 is 28.7. The van der Waals surface area contributed by atoms with Crippen molar-refractivity contribution in [1.82, 2.24) is 24.4 Å². The molecule has 0 aromatic carbocycles. The van der Waals surface area contributed by atoms with Crippen LogP contribution in [0.2, 0.25) is 0 Å². The summed E-state index contributed by atoms with van der Waals surface area (Å²) in [6, 6.07) is 1.91. The fourth-order valence-electron chi connectivity index (χ4n) is 4.63. The molecule has 2 aromatic heterocycles. The zero-order valence-electron chi connectivity index (χ0n) is 16.7. The maximum Gasteiger partial charge on any atom is 0.251 e. The van der Waals surface area contributed by atoms with Crippen molar-refractivity contribution in [3.63, 3.8) is 0 Å². The molecule has 2 saturated heterocycles. The van der Waals surface area contributed by atoms with Gasteiger partial charge in [-0.1, -0.05) is 0 Å². The van der Waals surface area contributed by atoms with Crippen molar-refractivity contribution in [1.29, 1.82) is 0 Å². The first-order valence-corrected chi connectivity index (χ1v) is 10.4. The van der Waals surface area contributed by atoms with Crippen molar-refractivity contribution in [3.8, 4) is 0 Å². The second-order valence-electron chi connectivity index (χ2n) is 8.55. The lowest BCUT2D eigenvalue weighted by atomic mass is 9.95. The summed E-state index contributed by atoms with van der Waals surface area (Å²) in [5.74, 6) is -1.71. The molecule has 3 aliphatic heterocycles. The second kappa shape index (κ2) is 6.90. The van der Waals surface area contributed by atoms with Gasteiger partial charge in [-0.15, -0.1) is 0 Å². The molecule has 0 N–H and O–H groups in total. The molecular formula is C20H26F2N6O. The summed E-state index contributed by atoms with van der Waals surface area (Å²) in [7, 11) is 2.12. The monoisotopic (exact) mass is 404 g/mol. The van der Waals surface area contributed by atoms with Crippen molar-refractivity contribution in [3.05, 3.63) is 23.5 Å². The van der Waals surface area contributed by atoms with Crippen LogP contribution in [0.1, 0.15) is 24.1 Å². The van der Waals surface area contributed by atoms with Gasteiger partial charge in [-0.25, -0.2) is 13.8 Å². The molecular weight excluding hydrogens is 378 g/mol. The van der Waals surface area contributed by atoms with E-state index < -0.39 is 5.92 Å². The van der Waals surface area contributed by atoms with Crippen LogP contribution in [-0.2, 0) is 17.6 Å². The first kappa shape index (κ1) is 18.7. The normalized spacial score (nSPS) is 23.0. The van der Waals surface area contributed by atoms with Crippen molar-refractivity contribution >= 4 is 17.4 Å². The summed E-state index contributed by atoms with van der Waals surface area (Å²) in [6.45, 7) is 3.46. The molecule has 9 heteroatoms. The molecule has 1 amide bonds. The van der Waals surface area contributed by atoms with Crippen LogP contribution in [0.3, 0.4) is 0 Å². The Morgan fingerprint density at radius 2 is 1.86 bits per heavy atom. The van der Waals surface area contributed by atoms with Gasteiger partial charge in [-0.05, 0) is 13.5 Å². The lowest BCUT2D eigenvalue weighted by molar-refractivity contribution is -0.142. The molecule has 3 aliphatic rings. The zero-order valence-corrected chi connectivity index (χ0v) is 16.7. The number of piperidine rings is 1. The average Bonchev–Trinajstić information content (AvgIpc) is 3.03. The largest absolute Gasteiger partial charge is 0.354 e. The number of amides is 1. The number of aromatic nitrogens is 3. The number of anilines is 1.